The Labute approximate surface area is 160 Å². The van der Waals surface area contributed by atoms with E-state index in [1.54, 1.807) is 26.0 Å². The second kappa shape index (κ2) is 9.01. The fraction of sp³-hybridized carbons (Fsp3) is 0.350. The molecule has 7 heteroatoms. The van der Waals surface area contributed by atoms with Crippen molar-refractivity contribution in [1.29, 1.82) is 0 Å². The number of nitrogens with two attached hydrogens (primary N) is 1. The SMILES string of the molecule is CC(C)OC(=O)C(c1cccc(OS(C)(=O)=O)c1)C(N)Cc1ccccc1. The Kier molecular flexibility index (Phi) is 6.98. The zero-order chi connectivity index (χ0) is 20.0. The van der Waals surface area contributed by atoms with Crippen molar-refractivity contribution in [2.24, 2.45) is 5.73 Å². The standard InChI is InChI=1S/C20H25NO5S/c1-14(2)25-20(22)19(18(21)12-15-8-5-4-6-9-15)16-10-7-11-17(13-16)26-27(3,23)24/h4-11,13-14,18-19H,12,21H2,1-3H3. The van der Waals surface area contributed by atoms with Crippen LogP contribution in [0.5, 0.6) is 5.75 Å². The summed E-state index contributed by atoms with van der Waals surface area (Å²) in [6.07, 6.45) is 1.14. The molecule has 0 radical (unpaired) electrons. The number of esters is 1. The van der Waals surface area contributed by atoms with Gasteiger partial charge in [-0.25, -0.2) is 0 Å². The van der Waals surface area contributed by atoms with E-state index in [0.717, 1.165) is 11.8 Å². The summed E-state index contributed by atoms with van der Waals surface area (Å²) in [5.74, 6) is -1.08. The van der Waals surface area contributed by atoms with Crippen LogP contribution in [0.2, 0.25) is 0 Å². The Bertz CT molecular complexity index is 865. The van der Waals surface area contributed by atoms with Gasteiger partial charge >= 0.3 is 16.1 Å². The number of carbonyl (C=O) groups excluding carboxylic acids is 1. The molecule has 0 saturated carbocycles. The van der Waals surface area contributed by atoms with Crippen LogP contribution in [0.25, 0.3) is 0 Å². The third-order valence-electron chi connectivity index (χ3n) is 3.81. The van der Waals surface area contributed by atoms with Gasteiger partial charge in [-0.05, 0) is 43.5 Å². The molecule has 2 N–H and O–H groups in total. The molecule has 146 valence electrons. The van der Waals surface area contributed by atoms with E-state index in [2.05, 4.69) is 0 Å². The molecule has 0 fully saturated rings. The maximum atomic E-state index is 12.7. The lowest BCUT2D eigenvalue weighted by atomic mass is 9.88. The topological polar surface area (TPSA) is 95.7 Å². The first-order chi connectivity index (χ1) is 12.7. The lowest BCUT2D eigenvalue weighted by molar-refractivity contribution is -0.149. The van der Waals surface area contributed by atoms with E-state index in [-0.39, 0.29) is 11.9 Å². The van der Waals surface area contributed by atoms with Gasteiger partial charge in [-0.15, -0.1) is 0 Å². The normalized spacial score (nSPS) is 13.8. The van der Waals surface area contributed by atoms with Gasteiger partial charge in [0.1, 0.15) is 5.75 Å². The summed E-state index contributed by atoms with van der Waals surface area (Å²) in [6, 6.07) is 15.4. The third kappa shape index (κ3) is 6.69. The van der Waals surface area contributed by atoms with Crippen molar-refractivity contribution in [3.8, 4) is 5.75 Å². The van der Waals surface area contributed by atoms with Crippen LogP contribution < -0.4 is 9.92 Å². The minimum atomic E-state index is -3.68. The van der Waals surface area contributed by atoms with Crippen molar-refractivity contribution in [2.75, 3.05) is 6.26 Å². The fourth-order valence-electron chi connectivity index (χ4n) is 2.80. The Morgan fingerprint density at radius 2 is 1.74 bits per heavy atom. The monoisotopic (exact) mass is 391 g/mol. The summed E-state index contributed by atoms with van der Waals surface area (Å²) in [5, 5.41) is 0. The first-order valence-electron chi connectivity index (χ1n) is 8.65. The number of ether oxygens (including phenoxy) is 1. The highest BCUT2D eigenvalue weighted by molar-refractivity contribution is 7.86. The van der Waals surface area contributed by atoms with Crippen molar-refractivity contribution in [1.82, 2.24) is 0 Å². The molecule has 27 heavy (non-hydrogen) atoms. The fourth-order valence-corrected chi connectivity index (χ4v) is 3.26. The van der Waals surface area contributed by atoms with E-state index in [1.165, 1.54) is 12.1 Å². The molecule has 0 amide bonds. The van der Waals surface area contributed by atoms with Crippen LogP contribution in [0.1, 0.15) is 30.9 Å². The predicted octanol–water partition coefficient (Wildman–Crippen LogP) is 2.63. The van der Waals surface area contributed by atoms with Crippen molar-refractivity contribution >= 4 is 16.1 Å². The molecule has 0 aliphatic carbocycles. The molecule has 2 aromatic rings. The minimum Gasteiger partial charge on any atom is -0.462 e. The Hall–Kier alpha value is -2.38. The molecule has 6 nitrogen and oxygen atoms in total. The van der Waals surface area contributed by atoms with Crippen LogP contribution in [0.15, 0.2) is 54.6 Å². The summed E-state index contributed by atoms with van der Waals surface area (Å²) in [4.78, 5) is 12.7. The number of carbonyl (C=O) groups is 1. The van der Waals surface area contributed by atoms with Crippen LogP contribution in [0.3, 0.4) is 0 Å². The molecule has 0 saturated heterocycles. The second-order valence-corrected chi connectivity index (χ2v) is 8.25. The number of hydrogen-bond acceptors (Lipinski definition) is 6. The Balaban J connectivity index is 2.34. The molecule has 2 atom stereocenters. The third-order valence-corrected chi connectivity index (χ3v) is 4.31. The predicted molar refractivity (Wildman–Crippen MR) is 104 cm³/mol. The summed E-state index contributed by atoms with van der Waals surface area (Å²) in [6.45, 7) is 3.53. The molecule has 0 bridgehead atoms. The van der Waals surface area contributed by atoms with Gasteiger partial charge < -0.3 is 14.7 Å². The highest BCUT2D eigenvalue weighted by atomic mass is 32.2. The van der Waals surface area contributed by atoms with Gasteiger partial charge in [-0.1, -0.05) is 42.5 Å². The van der Waals surface area contributed by atoms with Crippen LogP contribution in [0.4, 0.5) is 0 Å². The average Bonchev–Trinajstić information content (AvgIpc) is 2.54. The summed E-state index contributed by atoms with van der Waals surface area (Å²) in [7, 11) is -3.68. The Morgan fingerprint density at radius 3 is 2.33 bits per heavy atom. The highest BCUT2D eigenvalue weighted by Crippen LogP contribution is 2.27. The molecule has 0 heterocycles. The van der Waals surface area contributed by atoms with Gasteiger partial charge in [0.15, 0.2) is 0 Å². The highest BCUT2D eigenvalue weighted by Gasteiger charge is 2.30. The molecule has 2 rings (SSSR count). The van der Waals surface area contributed by atoms with Crippen LogP contribution >= 0.6 is 0 Å². The Morgan fingerprint density at radius 1 is 1.07 bits per heavy atom. The zero-order valence-electron chi connectivity index (χ0n) is 15.7. The van der Waals surface area contributed by atoms with E-state index in [4.69, 9.17) is 14.7 Å². The van der Waals surface area contributed by atoms with E-state index < -0.39 is 28.0 Å². The molecule has 2 aromatic carbocycles. The van der Waals surface area contributed by atoms with Crippen LogP contribution in [-0.4, -0.2) is 32.8 Å². The van der Waals surface area contributed by atoms with Gasteiger partial charge in [0, 0.05) is 6.04 Å². The zero-order valence-corrected chi connectivity index (χ0v) is 16.5. The molecule has 0 aromatic heterocycles. The van der Waals surface area contributed by atoms with Gasteiger partial charge in [0.05, 0.1) is 18.3 Å². The number of rotatable bonds is 8. The van der Waals surface area contributed by atoms with Crippen LogP contribution in [-0.2, 0) is 26.1 Å². The van der Waals surface area contributed by atoms with Gasteiger partial charge in [0.2, 0.25) is 0 Å². The molecular weight excluding hydrogens is 366 g/mol. The van der Waals surface area contributed by atoms with Gasteiger partial charge in [0.25, 0.3) is 0 Å². The minimum absolute atomic E-state index is 0.129. The molecular formula is C20H25NO5S. The van der Waals surface area contributed by atoms with Gasteiger partial charge in [-0.2, -0.15) is 8.42 Å². The van der Waals surface area contributed by atoms with E-state index >= 15 is 0 Å². The molecule has 0 aliphatic rings. The number of benzene rings is 2. The van der Waals surface area contributed by atoms with E-state index in [0.29, 0.717) is 12.0 Å². The molecule has 0 aliphatic heterocycles. The van der Waals surface area contributed by atoms with Crippen molar-refractivity contribution in [3.63, 3.8) is 0 Å². The maximum absolute atomic E-state index is 12.7. The largest absolute Gasteiger partial charge is 0.462 e. The molecule has 2 unspecified atom stereocenters. The average molecular weight is 391 g/mol. The van der Waals surface area contributed by atoms with Crippen LogP contribution in [0, 0.1) is 0 Å². The lowest BCUT2D eigenvalue weighted by Gasteiger charge is -2.24. The smallest absolute Gasteiger partial charge is 0.315 e. The van der Waals surface area contributed by atoms with Gasteiger partial charge in [-0.3, -0.25) is 4.79 Å². The van der Waals surface area contributed by atoms with E-state index in [9.17, 15) is 13.2 Å². The summed E-state index contributed by atoms with van der Waals surface area (Å²) < 4.78 is 33.1. The summed E-state index contributed by atoms with van der Waals surface area (Å²) in [5.41, 5.74) is 7.92. The number of hydrogen-bond donors (Lipinski definition) is 1. The van der Waals surface area contributed by atoms with Crippen molar-refractivity contribution < 1.29 is 22.1 Å². The summed E-state index contributed by atoms with van der Waals surface area (Å²) >= 11 is 0. The molecule has 0 spiro atoms. The second-order valence-electron chi connectivity index (χ2n) is 6.68. The van der Waals surface area contributed by atoms with Crippen molar-refractivity contribution in [3.05, 3.63) is 65.7 Å². The maximum Gasteiger partial charge on any atom is 0.315 e. The first kappa shape index (κ1) is 20.9. The quantitative estimate of drug-likeness (QED) is 0.549. The lowest BCUT2D eigenvalue weighted by Crippen LogP contribution is -2.37. The van der Waals surface area contributed by atoms with E-state index in [1.807, 2.05) is 30.3 Å². The van der Waals surface area contributed by atoms with Crippen molar-refractivity contribution in [2.45, 2.75) is 38.3 Å². The first-order valence-corrected chi connectivity index (χ1v) is 10.5.